The van der Waals surface area contributed by atoms with Gasteiger partial charge in [-0.15, -0.1) is 0 Å². The Morgan fingerprint density at radius 3 is 2.44 bits per heavy atom. The van der Waals surface area contributed by atoms with Crippen molar-refractivity contribution in [2.75, 3.05) is 11.9 Å². The van der Waals surface area contributed by atoms with Crippen molar-refractivity contribution < 1.29 is 8.78 Å². The number of hydrogen-bond donors (Lipinski definition) is 1. The second-order valence-corrected chi connectivity index (χ2v) is 8.01. The highest BCUT2D eigenvalue weighted by atomic mass is 19.1. The lowest BCUT2D eigenvalue weighted by molar-refractivity contribution is 0.122. The molecule has 2 aromatic heterocycles. The van der Waals surface area contributed by atoms with Crippen LogP contribution in [-0.2, 0) is 12.2 Å². The number of imidazole rings is 1. The van der Waals surface area contributed by atoms with Crippen LogP contribution in [0, 0.1) is 5.82 Å². The summed E-state index contributed by atoms with van der Waals surface area (Å²) in [5.74, 6) is -1.58. The van der Waals surface area contributed by atoms with Gasteiger partial charge in [0, 0.05) is 18.3 Å². The third-order valence-electron chi connectivity index (χ3n) is 5.12. The summed E-state index contributed by atoms with van der Waals surface area (Å²) in [4.78, 5) is 13.3. The smallest absolute Gasteiger partial charge is 0.223 e. The number of aromatic nitrogens is 4. The van der Waals surface area contributed by atoms with Crippen LogP contribution < -0.4 is 5.32 Å². The van der Waals surface area contributed by atoms with Gasteiger partial charge in [0.15, 0.2) is 5.79 Å². The Kier molecular flexibility index (Phi) is 6.25. The maximum Gasteiger partial charge on any atom is 0.223 e. The first kappa shape index (κ1) is 21.6. The zero-order valence-corrected chi connectivity index (χ0v) is 18.1. The summed E-state index contributed by atoms with van der Waals surface area (Å²) in [6.45, 7) is 3.62. The number of nitrogens with zero attached hydrogens (tertiary/aromatic N) is 4. The Hall–Kier alpha value is -3.61. The molecule has 7 heteroatoms. The number of alkyl halides is 1. The number of benzene rings is 2. The number of rotatable bonds is 8. The van der Waals surface area contributed by atoms with E-state index in [4.69, 9.17) is 0 Å². The van der Waals surface area contributed by atoms with E-state index in [1.54, 1.807) is 24.4 Å². The fraction of sp³-hybridized carbons (Fsp3) is 0.240. The standard InChI is InChI=1S/C25H25F2N5/c1-25(2,27)32-17-30-22(19-10-12-20(26)13-11-19)23(32)21-14-16-29-24(31-21)28-15-6-9-18-7-4-3-5-8-18/h3-5,7-8,10-14,16-17H,6,9,15H2,1-2H3,(H,28,29,31). The SMILES string of the molecule is CC(C)(F)n1cnc(-c2ccc(F)cc2)c1-c1ccnc(NCCCc2ccccc2)n1. The highest BCUT2D eigenvalue weighted by molar-refractivity contribution is 5.77. The molecule has 0 aliphatic carbocycles. The number of anilines is 1. The highest BCUT2D eigenvalue weighted by Crippen LogP contribution is 2.34. The van der Waals surface area contributed by atoms with Gasteiger partial charge in [0.2, 0.25) is 5.95 Å². The quantitative estimate of drug-likeness (QED) is 0.354. The molecule has 0 saturated heterocycles. The number of aryl methyl sites for hydroxylation is 1. The van der Waals surface area contributed by atoms with Gasteiger partial charge in [0.05, 0.1) is 23.4 Å². The van der Waals surface area contributed by atoms with Crippen molar-refractivity contribution in [3.05, 3.63) is 84.6 Å². The van der Waals surface area contributed by atoms with Gasteiger partial charge in [-0.3, -0.25) is 4.57 Å². The van der Waals surface area contributed by atoms with Crippen LogP contribution in [-0.4, -0.2) is 26.1 Å². The zero-order chi connectivity index (χ0) is 22.6. The molecule has 5 nitrogen and oxygen atoms in total. The molecule has 0 radical (unpaired) electrons. The fourth-order valence-electron chi connectivity index (χ4n) is 3.53. The Balaban J connectivity index is 1.58. The van der Waals surface area contributed by atoms with E-state index in [1.165, 1.54) is 42.4 Å². The summed E-state index contributed by atoms with van der Waals surface area (Å²) in [6.07, 6.45) is 4.96. The Bertz CT molecular complexity index is 1170. The largest absolute Gasteiger partial charge is 0.354 e. The van der Waals surface area contributed by atoms with Gasteiger partial charge in [-0.05, 0) is 62.6 Å². The van der Waals surface area contributed by atoms with Crippen LogP contribution in [0.4, 0.5) is 14.7 Å². The van der Waals surface area contributed by atoms with Crippen LogP contribution in [0.3, 0.4) is 0 Å². The average molecular weight is 434 g/mol. The van der Waals surface area contributed by atoms with Crippen LogP contribution in [0.1, 0.15) is 25.8 Å². The third kappa shape index (κ3) is 4.99. The lowest BCUT2D eigenvalue weighted by Crippen LogP contribution is -2.20. The van der Waals surface area contributed by atoms with Crippen LogP contribution in [0.25, 0.3) is 22.6 Å². The normalized spacial score (nSPS) is 11.5. The predicted octanol–water partition coefficient (Wildman–Crippen LogP) is 5.85. The lowest BCUT2D eigenvalue weighted by Gasteiger charge is -2.20. The maximum atomic E-state index is 15.0. The van der Waals surface area contributed by atoms with Crippen LogP contribution in [0.5, 0.6) is 0 Å². The Labute approximate surface area is 186 Å². The molecule has 0 atom stereocenters. The van der Waals surface area contributed by atoms with Crippen molar-refractivity contribution in [2.45, 2.75) is 32.5 Å². The van der Waals surface area contributed by atoms with Crippen LogP contribution in [0.15, 0.2) is 73.2 Å². The lowest BCUT2D eigenvalue weighted by atomic mass is 10.1. The Morgan fingerprint density at radius 1 is 0.969 bits per heavy atom. The summed E-state index contributed by atoms with van der Waals surface area (Å²) < 4.78 is 29.8. The molecule has 0 aliphatic heterocycles. The summed E-state index contributed by atoms with van der Waals surface area (Å²) in [7, 11) is 0. The molecule has 0 spiro atoms. The minimum absolute atomic E-state index is 0.343. The number of nitrogens with one attached hydrogen (secondary N) is 1. The second-order valence-electron chi connectivity index (χ2n) is 8.01. The van der Waals surface area contributed by atoms with E-state index in [0.717, 1.165) is 12.8 Å². The molecule has 164 valence electrons. The monoisotopic (exact) mass is 433 g/mol. The zero-order valence-electron chi connectivity index (χ0n) is 18.1. The van der Waals surface area contributed by atoms with Gasteiger partial charge < -0.3 is 5.32 Å². The van der Waals surface area contributed by atoms with E-state index in [2.05, 4.69) is 32.4 Å². The molecule has 32 heavy (non-hydrogen) atoms. The van der Waals surface area contributed by atoms with Gasteiger partial charge in [0.25, 0.3) is 0 Å². The number of hydrogen-bond acceptors (Lipinski definition) is 4. The molecule has 2 heterocycles. The number of halogens is 2. The minimum atomic E-state index is -1.70. The first-order valence-corrected chi connectivity index (χ1v) is 10.6. The van der Waals surface area contributed by atoms with Gasteiger partial charge >= 0.3 is 0 Å². The van der Waals surface area contributed by atoms with Crippen molar-refractivity contribution in [1.29, 1.82) is 0 Å². The predicted molar refractivity (Wildman–Crippen MR) is 122 cm³/mol. The topological polar surface area (TPSA) is 55.6 Å². The first-order chi connectivity index (χ1) is 15.4. The van der Waals surface area contributed by atoms with E-state index in [9.17, 15) is 8.78 Å². The van der Waals surface area contributed by atoms with E-state index < -0.39 is 5.79 Å². The van der Waals surface area contributed by atoms with Crippen LogP contribution >= 0.6 is 0 Å². The minimum Gasteiger partial charge on any atom is -0.354 e. The molecular weight excluding hydrogens is 408 g/mol. The Morgan fingerprint density at radius 2 is 1.72 bits per heavy atom. The first-order valence-electron chi connectivity index (χ1n) is 10.6. The molecule has 4 aromatic rings. The molecule has 0 amide bonds. The summed E-state index contributed by atoms with van der Waals surface area (Å²) in [5.41, 5.74) is 3.54. The van der Waals surface area contributed by atoms with E-state index in [-0.39, 0.29) is 5.82 Å². The average Bonchev–Trinajstić information content (AvgIpc) is 3.24. The van der Waals surface area contributed by atoms with Crippen LogP contribution in [0.2, 0.25) is 0 Å². The molecule has 0 aliphatic rings. The van der Waals surface area contributed by atoms with E-state index in [1.807, 2.05) is 18.2 Å². The van der Waals surface area contributed by atoms with Gasteiger partial charge in [0.1, 0.15) is 5.82 Å². The maximum absolute atomic E-state index is 15.0. The van der Waals surface area contributed by atoms with E-state index >= 15 is 0 Å². The molecular formula is C25H25F2N5. The summed E-state index contributed by atoms with van der Waals surface area (Å²) in [6, 6.07) is 18.0. The summed E-state index contributed by atoms with van der Waals surface area (Å²) in [5, 5.41) is 3.25. The molecule has 0 unspecified atom stereocenters. The molecule has 1 N–H and O–H groups in total. The third-order valence-corrected chi connectivity index (χ3v) is 5.12. The van der Waals surface area contributed by atoms with Gasteiger partial charge in [-0.2, -0.15) is 0 Å². The van der Waals surface area contributed by atoms with Gasteiger partial charge in [-0.1, -0.05) is 30.3 Å². The van der Waals surface area contributed by atoms with Crippen molar-refractivity contribution >= 4 is 5.95 Å². The molecule has 0 saturated carbocycles. The van der Waals surface area contributed by atoms with E-state index in [0.29, 0.717) is 35.1 Å². The molecule has 0 bridgehead atoms. The van der Waals surface area contributed by atoms with Crippen molar-refractivity contribution in [3.63, 3.8) is 0 Å². The van der Waals surface area contributed by atoms with Crippen molar-refractivity contribution in [2.24, 2.45) is 0 Å². The summed E-state index contributed by atoms with van der Waals surface area (Å²) >= 11 is 0. The highest BCUT2D eigenvalue weighted by Gasteiger charge is 2.26. The molecule has 4 rings (SSSR count). The fourth-order valence-corrected chi connectivity index (χ4v) is 3.53. The van der Waals surface area contributed by atoms with Crippen molar-refractivity contribution in [3.8, 4) is 22.6 Å². The molecule has 0 fully saturated rings. The molecule has 2 aromatic carbocycles. The van der Waals surface area contributed by atoms with Gasteiger partial charge in [-0.25, -0.2) is 23.7 Å². The second kappa shape index (κ2) is 9.26. The van der Waals surface area contributed by atoms with Crippen molar-refractivity contribution in [1.82, 2.24) is 19.5 Å².